The second-order valence-corrected chi connectivity index (χ2v) is 8.03. The number of amides is 2. The molecule has 0 radical (unpaired) electrons. The maximum atomic E-state index is 12.5. The lowest BCUT2D eigenvalue weighted by Gasteiger charge is -2.32. The Kier molecular flexibility index (Phi) is 8.33. The fourth-order valence-corrected chi connectivity index (χ4v) is 3.79. The summed E-state index contributed by atoms with van der Waals surface area (Å²) < 4.78 is 11.2. The SMILES string of the molecule is Cc1cccc(C)c1OCCCC(=O)N1CCC(NC(=O)OCc2ccccc2)CC1. The Balaban J connectivity index is 1.31. The highest BCUT2D eigenvalue weighted by molar-refractivity contribution is 5.76. The average Bonchev–Trinajstić information content (AvgIpc) is 2.78. The number of piperidine rings is 1. The predicted molar refractivity (Wildman–Crippen MR) is 120 cm³/mol. The van der Waals surface area contributed by atoms with Gasteiger partial charge in [0, 0.05) is 25.6 Å². The van der Waals surface area contributed by atoms with E-state index in [1.165, 1.54) is 0 Å². The summed E-state index contributed by atoms with van der Waals surface area (Å²) in [6.07, 6.45) is 2.24. The van der Waals surface area contributed by atoms with Gasteiger partial charge >= 0.3 is 6.09 Å². The molecule has 0 atom stereocenters. The van der Waals surface area contributed by atoms with Crippen molar-refractivity contribution >= 4 is 12.0 Å². The van der Waals surface area contributed by atoms with Crippen LogP contribution >= 0.6 is 0 Å². The minimum atomic E-state index is -0.405. The highest BCUT2D eigenvalue weighted by atomic mass is 16.5. The van der Waals surface area contributed by atoms with Crippen molar-refractivity contribution in [3.05, 3.63) is 65.2 Å². The Hall–Kier alpha value is -3.02. The molecule has 1 heterocycles. The van der Waals surface area contributed by atoms with E-state index in [1.807, 2.05) is 67.3 Å². The number of nitrogens with zero attached hydrogens (tertiary/aromatic N) is 1. The van der Waals surface area contributed by atoms with Gasteiger partial charge in [0.05, 0.1) is 6.61 Å². The van der Waals surface area contributed by atoms with E-state index in [0.717, 1.165) is 35.3 Å². The summed E-state index contributed by atoms with van der Waals surface area (Å²) in [4.78, 5) is 26.4. The lowest BCUT2D eigenvalue weighted by molar-refractivity contribution is -0.132. The Morgan fingerprint density at radius 2 is 1.68 bits per heavy atom. The molecule has 0 aliphatic carbocycles. The molecule has 2 aromatic rings. The van der Waals surface area contributed by atoms with E-state index in [1.54, 1.807) is 0 Å². The van der Waals surface area contributed by atoms with E-state index in [0.29, 0.717) is 32.5 Å². The lowest BCUT2D eigenvalue weighted by atomic mass is 10.0. The third kappa shape index (κ3) is 7.02. The van der Waals surface area contributed by atoms with Gasteiger partial charge in [0.25, 0.3) is 0 Å². The van der Waals surface area contributed by atoms with Crippen molar-refractivity contribution in [2.75, 3.05) is 19.7 Å². The van der Waals surface area contributed by atoms with Crippen LogP contribution in [0.3, 0.4) is 0 Å². The summed E-state index contributed by atoms with van der Waals surface area (Å²) in [7, 11) is 0. The summed E-state index contributed by atoms with van der Waals surface area (Å²) >= 11 is 0. The standard InChI is InChI=1S/C25H32N2O4/c1-19-8-6-9-20(2)24(19)30-17-7-12-23(28)27-15-13-22(14-16-27)26-25(29)31-18-21-10-4-3-5-11-21/h3-6,8-11,22H,7,12-18H2,1-2H3,(H,26,29). The molecule has 0 spiro atoms. The van der Waals surface area contributed by atoms with Gasteiger partial charge in [0.1, 0.15) is 12.4 Å². The molecule has 31 heavy (non-hydrogen) atoms. The minimum absolute atomic E-state index is 0.0414. The van der Waals surface area contributed by atoms with Gasteiger partial charge in [-0.25, -0.2) is 4.79 Å². The van der Waals surface area contributed by atoms with E-state index in [9.17, 15) is 9.59 Å². The Labute approximate surface area is 184 Å². The Morgan fingerprint density at radius 1 is 1.00 bits per heavy atom. The fourth-order valence-electron chi connectivity index (χ4n) is 3.79. The molecule has 1 aliphatic heterocycles. The third-order valence-corrected chi connectivity index (χ3v) is 5.57. The molecule has 1 aliphatic rings. The first-order chi connectivity index (χ1) is 15.0. The first-order valence-corrected chi connectivity index (χ1v) is 11.0. The maximum absolute atomic E-state index is 12.5. The van der Waals surface area contributed by atoms with Crippen molar-refractivity contribution in [3.8, 4) is 5.75 Å². The number of nitrogens with one attached hydrogen (secondary N) is 1. The van der Waals surface area contributed by atoms with E-state index >= 15 is 0 Å². The molecule has 3 rings (SSSR count). The second kappa shape index (κ2) is 11.4. The molecule has 2 aromatic carbocycles. The van der Waals surface area contributed by atoms with E-state index < -0.39 is 6.09 Å². The number of alkyl carbamates (subject to hydrolysis) is 1. The topological polar surface area (TPSA) is 67.9 Å². The van der Waals surface area contributed by atoms with Crippen LogP contribution in [-0.4, -0.2) is 42.6 Å². The number of para-hydroxylation sites is 1. The van der Waals surface area contributed by atoms with Crippen LogP contribution in [0.4, 0.5) is 4.79 Å². The van der Waals surface area contributed by atoms with Crippen molar-refractivity contribution in [3.63, 3.8) is 0 Å². The normalized spacial score (nSPS) is 14.2. The van der Waals surface area contributed by atoms with Gasteiger partial charge in [0.2, 0.25) is 5.91 Å². The van der Waals surface area contributed by atoms with Crippen LogP contribution in [0.15, 0.2) is 48.5 Å². The number of carbonyl (C=O) groups excluding carboxylic acids is 2. The first kappa shape index (κ1) is 22.7. The molecule has 0 saturated carbocycles. The smallest absolute Gasteiger partial charge is 0.407 e. The molecule has 6 nitrogen and oxygen atoms in total. The van der Waals surface area contributed by atoms with E-state index in [2.05, 4.69) is 5.32 Å². The number of benzene rings is 2. The number of hydrogen-bond donors (Lipinski definition) is 1. The van der Waals surface area contributed by atoms with Crippen LogP contribution in [0.5, 0.6) is 5.75 Å². The molecule has 2 amide bonds. The number of carbonyl (C=O) groups is 2. The zero-order chi connectivity index (χ0) is 22.1. The highest BCUT2D eigenvalue weighted by Gasteiger charge is 2.24. The molecular weight excluding hydrogens is 392 g/mol. The monoisotopic (exact) mass is 424 g/mol. The van der Waals surface area contributed by atoms with Crippen LogP contribution in [0.25, 0.3) is 0 Å². The lowest BCUT2D eigenvalue weighted by Crippen LogP contribution is -2.46. The number of likely N-dealkylation sites (tertiary alicyclic amines) is 1. The number of hydrogen-bond acceptors (Lipinski definition) is 4. The van der Waals surface area contributed by atoms with Crippen LogP contribution < -0.4 is 10.1 Å². The molecule has 0 unspecified atom stereocenters. The van der Waals surface area contributed by atoms with Gasteiger partial charge in [-0.2, -0.15) is 0 Å². The zero-order valence-corrected chi connectivity index (χ0v) is 18.4. The number of rotatable bonds is 8. The molecular formula is C25H32N2O4. The van der Waals surface area contributed by atoms with Crippen molar-refractivity contribution < 1.29 is 19.1 Å². The second-order valence-electron chi connectivity index (χ2n) is 8.03. The van der Waals surface area contributed by atoms with Crippen LogP contribution in [-0.2, 0) is 16.1 Å². The van der Waals surface area contributed by atoms with Gasteiger partial charge in [-0.15, -0.1) is 0 Å². The fraction of sp³-hybridized carbons (Fsp3) is 0.440. The van der Waals surface area contributed by atoms with E-state index in [4.69, 9.17) is 9.47 Å². The zero-order valence-electron chi connectivity index (χ0n) is 18.4. The van der Waals surface area contributed by atoms with Crippen molar-refractivity contribution in [2.24, 2.45) is 0 Å². The first-order valence-electron chi connectivity index (χ1n) is 11.0. The predicted octanol–water partition coefficient (Wildman–Crippen LogP) is 4.38. The molecule has 0 bridgehead atoms. The molecule has 6 heteroatoms. The van der Waals surface area contributed by atoms with E-state index in [-0.39, 0.29) is 18.6 Å². The summed E-state index contributed by atoms with van der Waals surface area (Å²) in [5, 5.41) is 2.91. The summed E-state index contributed by atoms with van der Waals surface area (Å²) in [6.45, 7) is 6.16. The van der Waals surface area contributed by atoms with Crippen LogP contribution in [0.1, 0.15) is 42.4 Å². The van der Waals surface area contributed by atoms with Gasteiger partial charge in [-0.05, 0) is 49.8 Å². The highest BCUT2D eigenvalue weighted by Crippen LogP contribution is 2.22. The minimum Gasteiger partial charge on any atom is -0.493 e. The number of ether oxygens (including phenoxy) is 2. The largest absolute Gasteiger partial charge is 0.493 e. The maximum Gasteiger partial charge on any atom is 0.407 e. The van der Waals surface area contributed by atoms with Crippen LogP contribution in [0, 0.1) is 13.8 Å². The van der Waals surface area contributed by atoms with Crippen molar-refractivity contribution in [2.45, 2.75) is 52.2 Å². The van der Waals surface area contributed by atoms with Crippen molar-refractivity contribution in [1.82, 2.24) is 10.2 Å². The molecule has 0 aromatic heterocycles. The molecule has 1 fully saturated rings. The van der Waals surface area contributed by atoms with Gasteiger partial charge in [-0.1, -0.05) is 48.5 Å². The van der Waals surface area contributed by atoms with Gasteiger partial charge in [-0.3, -0.25) is 4.79 Å². The summed E-state index contributed by atoms with van der Waals surface area (Å²) in [6, 6.07) is 15.7. The number of aryl methyl sites for hydroxylation is 2. The third-order valence-electron chi connectivity index (χ3n) is 5.57. The molecule has 1 saturated heterocycles. The van der Waals surface area contributed by atoms with Gasteiger partial charge < -0.3 is 19.7 Å². The Bertz CT molecular complexity index is 841. The van der Waals surface area contributed by atoms with Crippen LogP contribution in [0.2, 0.25) is 0 Å². The summed E-state index contributed by atoms with van der Waals surface area (Å²) in [5.41, 5.74) is 3.19. The van der Waals surface area contributed by atoms with Gasteiger partial charge in [0.15, 0.2) is 0 Å². The average molecular weight is 425 g/mol. The molecule has 166 valence electrons. The molecule has 1 N–H and O–H groups in total. The Morgan fingerprint density at radius 3 is 2.35 bits per heavy atom. The summed E-state index contributed by atoms with van der Waals surface area (Å²) in [5.74, 6) is 1.07. The van der Waals surface area contributed by atoms with Crippen molar-refractivity contribution in [1.29, 1.82) is 0 Å². The quantitative estimate of drug-likeness (QED) is 0.639.